The van der Waals surface area contributed by atoms with Crippen molar-refractivity contribution >= 4 is 5.91 Å². The molecular formula is C23H31NO4. The Morgan fingerprint density at radius 2 is 1.75 bits per heavy atom. The Morgan fingerprint density at radius 1 is 1.07 bits per heavy atom. The number of carbonyl (C=O) groups is 1. The second-order valence-corrected chi connectivity index (χ2v) is 7.55. The molecule has 0 amide bonds. The maximum Gasteiger partial charge on any atom is 0.233 e. The predicted octanol–water partition coefficient (Wildman–Crippen LogP) is 4.69. The average Bonchev–Trinajstić information content (AvgIpc) is 3.04. The lowest BCUT2D eigenvalue weighted by atomic mass is 10.00. The van der Waals surface area contributed by atoms with Crippen molar-refractivity contribution in [2.24, 2.45) is 0 Å². The normalized spacial score (nSPS) is 19.5. The van der Waals surface area contributed by atoms with Gasteiger partial charge < -0.3 is 14.2 Å². The number of aromatic nitrogens is 1. The Hall–Kier alpha value is -2.11. The van der Waals surface area contributed by atoms with E-state index in [-0.39, 0.29) is 18.1 Å². The molecular weight excluding hydrogens is 354 g/mol. The molecule has 0 radical (unpaired) electrons. The molecule has 5 heteroatoms. The molecule has 2 aromatic rings. The van der Waals surface area contributed by atoms with Crippen LogP contribution in [0, 0.1) is 13.8 Å². The molecule has 5 nitrogen and oxygen atoms in total. The number of hydrogen-bond acceptors (Lipinski definition) is 4. The SMILES string of the molecule is COc1ccc(COCC[C@@H]2CCC[C@H](CC(=O)n3c(C)ccc3C)O2)cc1. The molecule has 0 bridgehead atoms. The minimum absolute atomic E-state index is 0.00837. The Kier molecular flexibility index (Phi) is 7.29. The summed E-state index contributed by atoms with van der Waals surface area (Å²) < 4.78 is 19.0. The van der Waals surface area contributed by atoms with E-state index in [1.165, 1.54) is 0 Å². The van der Waals surface area contributed by atoms with Crippen molar-refractivity contribution < 1.29 is 19.0 Å². The number of rotatable bonds is 8. The lowest BCUT2D eigenvalue weighted by molar-refractivity contribution is -0.0635. The molecule has 1 aliphatic heterocycles. The zero-order chi connectivity index (χ0) is 19.9. The molecule has 0 spiro atoms. The molecule has 1 aromatic carbocycles. The first-order valence-corrected chi connectivity index (χ1v) is 10.1. The van der Waals surface area contributed by atoms with E-state index in [4.69, 9.17) is 14.2 Å². The third kappa shape index (κ3) is 5.46. The van der Waals surface area contributed by atoms with Crippen molar-refractivity contribution in [3.63, 3.8) is 0 Å². The van der Waals surface area contributed by atoms with E-state index < -0.39 is 0 Å². The Bertz CT molecular complexity index is 746. The second kappa shape index (κ2) is 9.89. The molecule has 1 aliphatic rings. The molecule has 0 unspecified atom stereocenters. The molecule has 2 heterocycles. The van der Waals surface area contributed by atoms with Crippen molar-refractivity contribution in [2.45, 2.75) is 64.8 Å². The summed E-state index contributed by atoms with van der Waals surface area (Å²) in [5.74, 6) is 0.978. The minimum Gasteiger partial charge on any atom is -0.497 e. The van der Waals surface area contributed by atoms with Gasteiger partial charge >= 0.3 is 0 Å². The van der Waals surface area contributed by atoms with Crippen LogP contribution in [0.1, 0.15) is 53.8 Å². The second-order valence-electron chi connectivity index (χ2n) is 7.55. The fourth-order valence-corrected chi connectivity index (χ4v) is 3.82. The lowest BCUT2D eigenvalue weighted by Crippen LogP contribution is -2.31. The fourth-order valence-electron chi connectivity index (χ4n) is 3.82. The summed E-state index contributed by atoms with van der Waals surface area (Å²) in [6.45, 7) is 5.18. The zero-order valence-electron chi connectivity index (χ0n) is 17.1. The van der Waals surface area contributed by atoms with Crippen LogP contribution in [-0.4, -0.2) is 36.4 Å². The van der Waals surface area contributed by atoms with Crippen LogP contribution in [0.15, 0.2) is 36.4 Å². The quantitative estimate of drug-likeness (QED) is 0.619. The molecule has 1 saturated heterocycles. The van der Waals surface area contributed by atoms with Crippen LogP contribution in [0.3, 0.4) is 0 Å². The van der Waals surface area contributed by atoms with Crippen LogP contribution < -0.4 is 4.74 Å². The summed E-state index contributed by atoms with van der Waals surface area (Å²) in [5.41, 5.74) is 3.11. The van der Waals surface area contributed by atoms with Gasteiger partial charge in [0, 0.05) is 18.0 Å². The highest BCUT2D eigenvalue weighted by Gasteiger charge is 2.25. The maximum absolute atomic E-state index is 12.6. The molecule has 152 valence electrons. The highest BCUT2D eigenvalue weighted by atomic mass is 16.5. The third-order valence-electron chi connectivity index (χ3n) is 5.37. The van der Waals surface area contributed by atoms with Crippen molar-refractivity contribution in [1.29, 1.82) is 0 Å². The Morgan fingerprint density at radius 3 is 2.43 bits per heavy atom. The van der Waals surface area contributed by atoms with Crippen LogP contribution in [0.5, 0.6) is 5.75 Å². The standard InChI is InChI=1S/C23H31NO4/c1-17-7-8-18(2)24(17)23(25)15-22-6-4-5-21(28-22)13-14-27-16-19-9-11-20(26-3)12-10-19/h7-12,21-22H,4-6,13-16H2,1-3H3/t21-,22+/m0/s1. The van der Waals surface area contributed by atoms with E-state index >= 15 is 0 Å². The van der Waals surface area contributed by atoms with E-state index in [2.05, 4.69) is 0 Å². The summed E-state index contributed by atoms with van der Waals surface area (Å²) in [6, 6.07) is 11.9. The van der Waals surface area contributed by atoms with E-state index in [9.17, 15) is 4.79 Å². The largest absolute Gasteiger partial charge is 0.497 e. The third-order valence-corrected chi connectivity index (χ3v) is 5.37. The van der Waals surface area contributed by atoms with Gasteiger partial charge in [-0.25, -0.2) is 0 Å². The summed E-state index contributed by atoms with van der Waals surface area (Å²) in [4.78, 5) is 12.6. The molecule has 0 saturated carbocycles. The van der Waals surface area contributed by atoms with Crippen LogP contribution >= 0.6 is 0 Å². The number of benzene rings is 1. The van der Waals surface area contributed by atoms with Crippen LogP contribution in [0.4, 0.5) is 0 Å². The monoisotopic (exact) mass is 385 g/mol. The van der Waals surface area contributed by atoms with Crippen molar-refractivity contribution in [3.8, 4) is 5.75 Å². The Labute approximate surface area is 167 Å². The van der Waals surface area contributed by atoms with Crippen molar-refractivity contribution in [3.05, 3.63) is 53.3 Å². The van der Waals surface area contributed by atoms with Gasteiger partial charge in [-0.15, -0.1) is 0 Å². The van der Waals surface area contributed by atoms with Gasteiger partial charge in [0.25, 0.3) is 0 Å². The first-order valence-electron chi connectivity index (χ1n) is 10.1. The van der Waals surface area contributed by atoms with Gasteiger partial charge in [0.15, 0.2) is 0 Å². The number of hydrogen-bond donors (Lipinski definition) is 0. The van der Waals surface area contributed by atoms with E-state index in [0.29, 0.717) is 19.6 Å². The maximum atomic E-state index is 12.6. The first kappa shape index (κ1) is 20.6. The number of carbonyl (C=O) groups excluding carboxylic acids is 1. The van der Waals surface area contributed by atoms with Gasteiger partial charge in [-0.1, -0.05) is 12.1 Å². The van der Waals surface area contributed by atoms with Gasteiger partial charge in [-0.2, -0.15) is 0 Å². The molecule has 1 fully saturated rings. The predicted molar refractivity (Wildman–Crippen MR) is 109 cm³/mol. The van der Waals surface area contributed by atoms with Gasteiger partial charge in [-0.05, 0) is 69.4 Å². The molecule has 0 N–H and O–H groups in total. The van der Waals surface area contributed by atoms with Crippen LogP contribution in [0.25, 0.3) is 0 Å². The highest BCUT2D eigenvalue weighted by Crippen LogP contribution is 2.24. The zero-order valence-corrected chi connectivity index (χ0v) is 17.1. The summed E-state index contributed by atoms with van der Waals surface area (Å²) in [7, 11) is 1.66. The molecule has 3 rings (SSSR count). The van der Waals surface area contributed by atoms with E-state index in [1.807, 2.05) is 50.2 Å². The van der Waals surface area contributed by atoms with Gasteiger partial charge in [0.1, 0.15) is 5.75 Å². The number of aryl methyl sites for hydroxylation is 2. The van der Waals surface area contributed by atoms with Crippen LogP contribution in [-0.2, 0) is 16.1 Å². The summed E-state index contributed by atoms with van der Waals surface area (Å²) in [5, 5.41) is 0. The lowest BCUT2D eigenvalue weighted by Gasteiger charge is -2.30. The van der Waals surface area contributed by atoms with E-state index in [1.54, 1.807) is 11.7 Å². The van der Waals surface area contributed by atoms with Crippen LogP contribution in [0.2, 0.25) is 0 Å². The average molecular weight is 386 g/mol. The van der Waals surface area contributed by atoms with Gasteiger partial charge in [0.05, 0.1) is 32.3 Å². The minimum atomic E-state index is 0.00837. The summed E-state index contributed by atoms with van der Waals surface area (Å²) >= 11 is 0. The number of nitrogens with zero attached hydrogens (tertiary/aromatic N) is 1. The molecule has 2 atom stereocenters. The number of methoxy groups -OCH3 is 1. The first-order chi connectivity index (χ1) is 13.6. The highest BCUT2D eigenvalue weighted by molar-refractivity contribution is 5.81. The van der Waals surface area contributed by atoms with E-state index in [0.717, 1.165) is 48.4 Å². The number of ether oxygens (including phenoxy) is 3. The van der Waals surface area contributed by atoms with Crippen molar-refractivity contribution in [1.82, 2.24) is 4.57 Å². The van der Waals surface area contributed by atoms with Gasteiger partial charge in [-0.3, -0.25) is 9.36 Å². The molecule has 0 aliphatic carbocycles. The Balaban J connectivity index is 1.40. The van der Waals surface area contributed by atoms with Crippen molar-refractivity contribution in [2.75, 3.05) is 13.7 Å². The smallest absolute Gasteiger partial charge is 0.233 e. The van der Waals surface area contributed by atoms with Gasteiger partial charge in [0.2, 0.25) is 5.91 Å². The molecule has 1 aromatic heterocycles. The molecule has 28 heavy (non-hydrogen) atoms. The summed E-state index contributed by atoms with van der Waals surface area (Å²) in [6.07, 6.45) is 4.59. The topological polar surface area (TPSA) is 49.7 Å². The fraction of sp³-hybridized carbons (Fsp3) is 0.522.